The van der Waals surface area contributed by atoms with Crippen molar-refractivity contribution in [2.24, 2.45) is 0 Å². The number of fused-ring (bicyclic) bond motifs is 1. The summed E-state index contributed by atoms with van der Waals surface area (Å²) >= 11 is 12.0. The molecule has 18 heavy (non-hydrogen) atoms. The SMILES string of the molecule is O=C(O)CNC(=O)c1c(Cl)cc2[nH]ccc2c1Cl. The van der Waals surface area contributed by atoms with Crippen LogP contribution in [0.3, 0.4) is 0 Å². The normalized spacial score (nSPS) is 10.6. The summed E-state index contributed by atoms with van der Waals surface area (Å²) in [6.07, 6.45) is 1.67. The fourth-order valence-electron chi connectivity index (χ4n) is 1.58. The molecular weight excluding hydrogens is 279 g/mol. The van der Waals surface area contributed by atoms with E-state index in [-0.39, 0.29) is 15.6 Å². The number of aliphatic carboxylic acids is 1. The average Bonchev–Trinajstić information content (AvgIpc) is 2.74. The smallest absolute Gasteiger partial charge is 0.322 e. The fourth-order valence-corrected chi connectivity index (χ4v) is 2.27. The van der Waals surface area contributed by atoms with Crippen molar-refractivity contribution in [1.82, 2.24) is 10.3 Å². The number of carbonyl (C=O) groups is 2. The van der Waals surface area contributed by atoms with E-state index in [0.29, 0.717) is 10.9 Å². The second-order valence-corrected chi connectivity index (χ2v) is 4.35. The van der Waals surface area contributed by atoms with Crippen LogP contribution in [0.2, 0.25) is 10.0 Å². The number of nitrogens with one attached hydrogen (secondary N) is 2. The number of carboxylic acid groups (broad SMARTS) is 1. The number of aromatic amines is 1. The first kappa shape index (κ1) is 12.7. The van der Waals surface area contributed by atoms with E-state index >= 15 is 0 Å². The minimum absolute atomic E-state index is 0.0756. The number of hydrogen-bond donors (Lipinski definition) is 3. The molecule has 0 aliphatic carbocycles. The quantitative estimate of drug-likeness (QED) is 0.810. The highest BCUT2D eigenvalue weighted by Crippen LogP contribution is 2.32. The highest BCUT2D eigenvalue weighted by Gasteiger charge is 2.18. The molecule has 1 aromatic carbocycles. The summed E-state index contributed by atoms with van der Waals surface area (Å²) in [4.78, 5) is 25.1. The molecule has 0 atom stereocenters. The topological polar surface area (TPSA) is 82.2 Å². The molecule has 0 aliphatic rings. The lowest BCUT2D eigenvalue weighted by Crippen LogP contribution is -2.29. The second kappa shape index (κ2) is 4.88. The first-order valence-electron chi connectivity index (χ1n) is 4.95. The van der Waals surface area contributed by atoms with Gasteiger partial charge in [0.2, 0.25) is 0 Å². The van der Waals surface area contributed by atoms with Crippen LogP contribution in [0.25, 0.3) is 10.9 Å². The summed E-state index contributed by atoms with van der Waals surface area (Å²) < 4.78 is 0. The molecule has 1 amide bonds. The van der Waals surface area contributed by atoms with Gasteiger partial charge in [0.25, 0.3) is 5.91 Å². The van der Waals surface area contributed by atoms with Gasteiger partial charge in [-0.05, 0) is 12.1 Å². The zero-order chi connectivity index (χ0) is 13.3. The van der Waals surface area contributed by atoms with E-state index in [0.717, 1.165) is 0 Å². The van der Waals surface area contributed by atoms with E-state index < -0.39 is 18.4 Å². The third-order valence-corrected chi connectivity index (χ3v) is 3.06. The zero-order valence-corrected chi connectivity index (χ0v) is 10.5. The van der Waals surface area contributed by atoms with Gasteiger partial charge in [0.05, 0.1) is 15.6 Å². The largest absolute Gasteiger partial charge is 0.480 e. The van der Waals surface area contributed by atoms with Crippen LogP contribution in [0.4, 0.5) is 0 Å². The monoisotopic (exact) mass is 286 g/mol. The molecule has 0 saturated carbocycles. The third-order valence-electron chi connectivity index (χ3n) is 2.37. The number of rotatable bonds is 3. The molecule has 0 spiro atoms. The number of benzene rings is 1. The Balaban J connectivity index is 2.43. The minimum atomic E-state index is -1.14. The van der Waals surface area contributed by atoms with Crippen LogP contribution in [-0.2, 0) is 4.79 Å². The van der Waals surface area contributed by atoms with Crippen LogP contribution in [0, 0.1) is 0 Å². The lowest BCUT2D eigenvalue weighted by molar-refractivity contribution is -0.135. The Morgan fingerprint density at radius 3 is 2.78 bits per heavy atom. The highest BCUT2D eigenvalue weighted by atomic mass is 35.5. The standard InChI is InChI=1S/C11H8Cl2N2O3/c12-6-3-7-5(1-2-14-7)10(13)9(6)11(18)15-4-8(16)17/h1-3,14H,4H2,(H,15,18)(H,16,17). The Morgan fingerprint density at radius 1 is 1.39 bits per heavy atom. The molecule has 1 aromatic heterocycles. The number of amides is 1. The Morgan fingerprint density at radius 2 is 2.11 bits per heavy atom. The van der Waals surface area contributed by atoms with Gasteiger partial charge in [-0.2, -0.15) is 0 Å². The van der Waals surface area contributed by atoms with Crippen molar-refractivity contribution in [2.45, 2.75) is 0 Å². The molecule has 0 saturated heterocycles. The summed E-state index contributed by atoms with van der Waals surface area (Å²) in [7, 11) is 0. The van der Waals surface area contributed by atoms with Crippen molar-refractivity contribution in [3.8, 4) is 0 Å². The molecule has 2 rings (SSSR count). The molecule has 0 radical (unpaired) electrons. The van der Waals surface area contributed by atoms with Crippen LogP contribution in [-0.4, -0.2) is 28.5 Å². The predicted molar refractivity (Wildman–Crippen MR) is 68.3 cm³/mol. The Kier molecular flexibility index (Phi) is 3.45. The summed E-state index contributed by atoms with van der Waals surface area (Å²) in [6, 6.07) is 3.28. The Hall–Kier alpha value is -1.72. The van der Waals surface area contributed by atoms with Gasteiger partial charge in [-0.1, -0.05) is 23.2 Å². The van der Waals surface area contributed by atoms with Crippen molar-refractivity contribution in [3.63, 3.8) is 0 Å². The summed E-state index contributed by atoms with van der Waals surface area (Å²) in [6.45, 7) is -0.489. The van der Waals surface area contributed by atoms with Gasteiger partial charge in [-0.15, -0.1) is 0 Å². The minimum Gasteiger partial charge on any atom is -0.480 e. The Bertz CT molecular complexity index is 636. The number of carboxylic acids is 1. The maximum atomic E-state index is 11.8. The van der Waals surface area contributed by atoms with Gasteiger partial charge in [0, 0.05) is 17.1 Å². The third kappa shape index (κ3) is 2.27. The molecule has 7 heteroatoms. The van der Waals surface area contributed by atoms with Crippen LogP contribution in [0.5, 0.6) is 0 Å². The van der Waals surface area contributed by atoms with Gasteiger partial charge in [0.15, 0.2) is 0 Å². The number of hydrogen-bond acceptors (Lipinski definition) is 2. The highest BCUT2D eigenvalue weighted by molar-refractivity contribution is 6.43. The molecule has 0 fully saturated rings. The average molecular weight is 287 g/mol. The Labute approximate surface area is 112 Å². The van der Waals surface area contributed by atoms with Crippen molar-refractivity contribution < 1.29 is 14.7 Å². The molecule has 0 aliphatic heterocycles. The molecule has 0 unspecified atom stereocenters. The van der Waals surface area contributed by atoms with Crippen molar-refractivity contribution >= 4 is 46.0 Å². The van der Waals surface area contributed by atoms with Gasteiger partial charge in [-0.25, -0.2) is 0 Å². The van der Waals surface area contributed by atoms with Crippen LogP contribution >= 0.6 is 23.2 Å². The van der Waals surface area contributed by atoms with Gasteiger partial charge in [-0.3, -0.25) is 9.59 Å². The number of H-pyrrole nitrogens is 1. The van der Waals surface area contributed by atoms with Crippen molar-refractivity contribution in [1.29, 1.82) is 0 Å². The summed E-state index contributed by atoms with van der Waals surface area (Å²) in [5.74, 6) is -1.76. The van der Waals surface area contributed by atoms with E-state index in [9.17, 15) is 9.59 Å². The maximum Gasteiger partial charge on any atom is 0.322 e. The van der Waals surface area contributed by atoms with E-state index in [2.05, 4.69) is 10.3 Å². The lowest BCUT2D eigenvalue weighted by atomic mass is 10.1. The number of aromatic nitrogens is 1. The summed E-state index contributed by atoms with van der Waals surface area (Å²) in [5, 5.41) is 11.7. The fraction of sp³-hybridized carbons (Fsp3) is 0.0909. The number of carbonyl (C=O) groups excluding carboxylic acids is 1. The molecule has 1 heterocycles. The summed E-state index contributed by atoms with van der Waals surface area (Å²) in [5.41, 5.74) is 0.784. The van der Waals surface area contributed by atoms with Crippen molar-refractivity contribution in [3.05, 3.63) is 33.9 Å². The number of halogens is 2. The van der Waals surface area contributed by atoms with Gasteiger partial charge < -0.3 is 15.4 Å². The molecule has 2 aromatic rings. The predicted octanol–water partition coefficient (Wildman–Crippen LogP) is 2.29. The van der Waals surface area contributed by atoms with Gasteiger partial charge >= 0.3 is 5.97 Å². The molecular formula is C11H8Cl2N2O3. The van der Waals surface area contributed by atoms with Crippen LogP contribution in [0.15, 0.2) is 18.3 Å². The molecule has 3 N–H and O–H groups in total. The van der Waals surface area contributed by atoms with Crippen LogP contribution in [0.1, 0.15) is 10.4 Å². The van der Waals surface area contributed by atoms with E-state index in [4.69, 9.17) is 28.3 Å². The lowest BCUT2D eigenvalue weighted by Gasteiger charge is -2.08. The van der Waals surface area contributed by atoms with E-state index in [1.807, 2.05) is 0 Å². The van der Waals surface area contributed by atoms with E-state index in [1.165, 1.54) is 0 Å². The van der Waals surface area contributed by atoms with Crippen molar-refractivity contribution in [2.75, 3.05) is 6.54 Å². The molecule has 0 bridgehead atoms. The first-order valence-corrected chi connectivity index (χ1v) is 5.71. The second-order valence-electron chi connectivity index (χ2n) is 3.56. The van der Waals surface area contributed by atoms with Gasteiger partial charge in [0.1, 0.15) is 6.54 Å². The molecule has 94 valence electrons. The maximum absolute atomic E-state index is 11.8. The zero-order valence-electron chi connectivity index (χ0n) is 8.96. The van der Waals surface area contributed by atoms with Crippen LogP contribution < -0.4 is 5.32 Å². The first-order chi connectivity index (χ1) is 8.50. The van der Waals surface area contributed by atoms with E-state index in [1.54, 1.807) is 18.3 Å². The molecule has 5 nitrogen and oxygen atoms in total.